The Bertz CT molecular complexity index is 3260. The summed E-state index contributed by atoms with van der Waals surface area (Å²) >= 11 is 0. The lowest BCUT2D eigenvalue weighted by atomic mass is 9.89. The molecule has 0 fully saturated rings. The second-order valence-corrected chi connectivity index (χ2v) is 15.9. The molecular weight excluding hydrogens is 777 g/mol. The van der Waals surface area contributed by atoms with Crippen molar-refractivity contribution in [2.45, 2.75) is 19.8 Å². The number of fused-ring (bicyclic) bond motifs is 3. The maximum absolute atomic E-state index is 12.1. The molecule has 6 heteroatoms. The summed E-state index contributed by atoms with van der Waals surface area (Å²) in [6.07, 6.45) is 6.00. The zero-order valence-electron chi connectivity index (χ0n) is 34.7. The Labute approximate surface area is 366 Å². The topological polar surface area (TPSA) is 89.1 Å². The number of aromatic hydroxyl groups is 4. The van der Waals surface area contributed by atoms with Crippen LogP contribution in [0.1, 0.15) is 23.2 Å². The first-order chi connectivity index (χ1) is 30.8. The Kier molecular flexibility index (Phi) is 10.1. The van der Waals surface area contributed by atoms with Gasteiger partial charge in [-0.1, -0.05) is 133 Å². The molecule has 9 aromatic rings. The normalized spacial score (nSPS) is 12.0. The summed E-state index contributed by atoms with van der Waals surface area (Å²) in [4.78, 5) is 1.53. The fourth-order valence-electron chi connectivity index (χ4n) is 9.08. The van der Waals surface area contributed by atoms with Crippen molar-refractivity contribution in [1.29, 1.82) is 0 Å². The average Bonchev–Trinajstić information content (AvgIpc) is 3.37. The number of benzene rings is 8. The Balaban J connectivity index is 1.17. The smallest absolute Gasteiger partial charge is 0.144 e. The molecule has 306 valence electrons. The van der Waals surface area contributed by atoms with Crippen molar-refractivity contribution < 1.29 is 20.4 Å². The van der Waals surface area contributed by atoms with Gasteiger partial charge in [-0.3, -0.25) is 4.90 Å². The van der Waals surface area contributed by atoms with Crippen LogP contribution in [0.2, 0.25) is 0 Å². The Morgan fingerprint density at radius 1 is 0.476 bits per heavy atom. The van der Waals surface area contributed by atoms with Crippen LogP contribution in [-0.4, -0.2) is 25.0 Å². The molecule has 0 amide bonds. The number of hydrogen-bond acceptors (Lipinski definition) is 5. The molecule has 0 aliphatic heterocycles. The molecule has 0 saturated heterocycles. The van der Waals surface area contributed by atoms with Gasteiger partial charge in [0.2, 0.25) is 0 Å². The minimum absolute atomic E-state index is 0.00175. The van der Waals surface area contributed by atoms with E-state index in [0.29, 0.717) is 16.8 Å². The van der Waals surface area contributed by atoms with E-state index in [4.69, 9.17) is 0 Å². The van der Waals surface area contributed by atoms with Crippen LogP contribution in [0.5, 0.6) is 23.0 Å². The molecule has 0 unspecified atom stereocenters. The molecular formula is C57H44N2O4. The summed E-state index contributed by atoms with van der Waals surface area (Å²) in [5.74, 6) is -0.943. The summed E-state index contributed by atoms with van der Waals surface area (Å²) < 4.78 is 2.24. The van der Waals surface area contributed by atoms with E-state index in [0.717, 1.165) is 79.3 Å². The highest BCUT2D eigenvalue weighted by Gasteiger charge is 2.28. The molecule has 0 saturated carbocycles. The summed E-state index contributed by atoms with van der Waals surface area (Å²) in [6.45, 7) is 2.09. The van der Waals surface area contributed by atoms with Crippen LogP contribution in [0.25, 0.3) is 66.8 Å². The van der Waals surface area contributed by atoms with Crippen LogP contribution >= 0.6 is 0 Å². The zero-order valence-corrected chi connectivity index (χ0v) is 34.7. The highest BCUT2D eigenvalue weighted by Crippen LogP contribution is 2.54. The third-order valence-corrected chi connectivity index (χ3v) is 12.0. The number of aromatic nitrogens is 1. The van der Waals surface area contributed by atoms with Crippen molar-refractivity contribution in [3.05, 3.63) is 211 Å². The van der Waals surface area contributed by atoms with Crippen LogP contribution in [0.15, 0.2) is 194 Å². The predicted molar refractivity (Wildman–Crippen MR) is 258 cm³/mol. The molecule has 0 spiro atoms. The van der Waals surface area contributed by atoms with Crippen molar-refractivity contribution in [3.8, 4) is 62.1 Å². The third kappa shape index (κ3) is 7.28. The lowest BCUT2D eigenvalue weighted by Gasteiger charge is -2.29. The molecule has 6 nitrogen and oxygen atoms in total. The molecule has 1 aromatic heterocycles. The number of aryl methyl sites for hydroxylation is 1. The van der Waals surface area contributed by atoms with Gasteiger partial charge in [0.1, 0.15) is 34.4 Å². The average molecular weight is 821 g/mol. The largest absolute Gasteiger partial charge is 0.506 e. The molecule has 1 heterocycles. The number of nitrogens with zero attached hydrogens (tertiary/aromatic N) is 2. The highest BCUT2D eigenvalue weighted by atomic mass is 16.3. The third-order valence-electron chi connectivity index (χ3n) is 12.0. The van der Waals surface area contributed by atoms with Crippen molar-refractivity contribution in [2.24, 2.45) is 0 Å². The second kappa shape index (κ2) is 16.3. The monoisotopic (exact) mass is 820 g/mol. The molecule has 8 aromatic carbocycles. The van der Waals surface area contributed by atoms with Crippen LogP contribution in [0.4, 0.5) is 17.1 Å². The molecule has 0 radical (unpaired) electrons. The maximum atomic E-state index is 12.1. The van der Waals surface area contributed by atoms with Gasteiger partial charge in [-0.2, -0.15) is 0 Å². The number of phenolic OH excluding ortho intramolecular Hbond substituents is 4. The first kappa shape index (κ1) is 38.9. The van der Waals surface area contributed by atoms with Gasteiger partial charge < -0.3 is 25.0 Å². The van der Waals surface area contributed by atoms with Gasteiger partial charge in [-0.15, -0.1) is 0 Å². The number of rotatable bonds is 7. The maximum Gasteiger partial charge on any atom is 0.144 e. The second-order valence-electron chi connectivity index (χ2n) is 15.9. The van der Waals surface area contributed by atoms with E-state index in [1.165, 1.54) is 4.90 Å². The summed E-state index contributed by atoms with van der Waals surface area (Å²) in [7, 11) is 0. The number of para-hydroxylation sites is 2. The van der Waals surface area contributed by atoms with E-state index < -0.39 is 0 Å². The molecule has 1 aliphatic carbocycles. The number of hydrogen-bond donors (Lipinski definition) is 4. The number of allylic oxidation sites excluding steroid dienone is 1. The molecule has 1 aliphatic rings. The number of phenols is 4. The van der Waals surface area contributed by atoms with Crippen LogP contribution in [-0.2, 0) is 6.42 Å². The van der Waals surface area contributed by atoms with Crippen molar-refractivity contribution in [3.63, 3.8) is 0 Å². The fourth-order valence-corrected chi connectivity index (χ4v) is 9.08. The van der Waals surface area contributed by atoms with E-state index >= 15 is 0 Å². The highest BCUT2D eigenvalue weighted by molar-refractivity contribution is 5.99. The SMILES string of the molecule is Cc1cccc(-c2cccc(N(c3c(O)cc(-c4cccc5c4CCC=C5)cc3O)c3c(O)cc(-c4cccc5ccccc45)cc3O)c2)cc2ccccc2n1-c1ccccc1. The number of anilines is 3. The lowest BCUT2D eigenvalue weighted by molar-refractivity contribution is 0.446. The molecule has 0 bridgehead atoms. The summed E-state index contributed by atoms with van der Waals surface area (Å²) in [5, 5.41) is 51.5. The van der Waals surface area contributed by atoms with Gasteiger partial charge in [-0.05, 0) is 147 Å². The fraction of sp³-hybridized carbons (Fsp3) is 0.0526. The quantitative estimate of drug-likeness (QED) is 0.129. The Morgan fingerprint density at radius 3 is 1.79 bits per heavy atom. The molecule has 63 heavy (non-hydrogen) atoms. The van der Waals surface area contributed by atoms with Crippen molar-refractivity contribution in [2.75, 3.05) is 4.90 Å². The molecule has 0 atom stereocenters. The van der Waals surface area contributed by atoms with Crippen LogP contribution in [0.3, 0.4) is 0 Å². The first-order valence-corrected chi connectivity index (χ1v) is 21.1. The van der Waals surface area contributed by atoms with Crippen LogP contribution in [0, 0.1) is 6.92 Å². The van der Waals surface area contributed by atoms with E-state index in [-0.39, 0.29) is 34.4 Å². The van der Waals surface area contributed by atoms with Crippen molar-refractivity contribution >= 4 is 44.8 Å². The zero-order chi connectivity index (χ0) is 43.0. The van der Waals surface area contributed by atoms with Gasteiger partial charge in [0.15, 0.2) is 0 Å². The van der Waals surface area contributed by atoms with E-state index in [2.05, 4.69) is 72.2 Å². The van der Waals surface area contributed by atoms with Crippen LogP contribution < -0.4 is 4.90 Å². The first-order valence-electron chi connectivity index (χ1n) is 21.1. The standard InChI is InChI=1S/C57H44N2O4/c1-37-15-11-21-40(31-42-18-7-10-30-51(42)58(37)45-23-3-2-4-24-45)41-22-12-25-46(32-41)59(56-52(60)33-43(34-53(56)61)49-28-13-19-38-16-5-8-26-47(38)49)57-54(62)35-44(36-55(57)63)50-29-14-20-39-17-6-9-27-48(39)50/h2-8,10-26,28-36,60-63H,9,27H2,1H3. The van der Waals surface area contributed by atoms with Gasteiger partial charge in [0.25, 0.3) is 0 Å². The van der Waals surface area contributed by atoms with Gasteiger partial charge in [0, 0.05) is 17.1 Å². The van der Waals surface area contributed by atoms with E-state index in [9.17, 15) is 20.4 Å². The van der Waals surface area contributed by atoms with Gasteiger partial charge >= 0.3 is 0 Å². The lowest BCUT2D eigenvalue weighted by Crippen LogP contribution is -2.11. The van der Waals surface area contributed by atoms with Crippen molar-refractivity contribution in [1.82, 2.24) is 4.57 Å². The summed E-state index contributed by atoms with van der Waals surface area (Å²) in [5.41, 5.74) is 10.6. The van der Waals surface area contributed by atoms with E-state index in [1.54, 1.807) is 24.3 Å². The van der Waals surface area contributed by atoms with Gasteiger partial charge in [0.05, 0.1) is 5.52 Å². The van der Waals surface area contributed by atoms with Gasteiger partial charge in [-0.25, -0.2) is 0 Å². The molecule has 10 rings (SSSR count). The minimum Gasteiger partial charge on any atom is -0.506 e. The Hall–Kier alpha value is -8.22. The minimum atomic E-state index is -0.243. The molecule has 4 N–H and O–H groups in total. The van der Waals surface area contributed by atoms with E-state index in [1.807, 2.05) is 115 Å². The Morgan fingerprint density at radius 2 is 1.05 bits per heavy atom. The summed E-state index contributed by atoms with van der Waals surface area (Å²) in [6, 6.07) is 61.0. The predicted octanol–water partition coefficient (Wildman–Crippen LogP) is 14.5.